The van der Waals surface area contributed by atoms with E-state index in [0.29, 0.717) is 18.1 Å². The van der Waals surface area contributed by atoms with E-state index in [1.54, 1.807) is 18.1 Å². The van der Waals surface area contributed by atoms with E-state index < -0.39 is 0 Å². The molecule has 1 aromatic carbocycles. The van der Waals surface area contributed by atoms with Gasteiger partial charge in [0.05, 0.1) is 6.54 Å². The van der Waals surface area contributed by atoms with Gasteiger partial charge in [0.25, 0.3) is 5.91 Å². The van der Waals surface area contributed by atoms with Gasteiger partial charge in [-0.15, -0.1) is 0 Å². The molecule has 0 saturated heterocycles. The number of fused-ring (bicyclic) bond motifs is 1. The van der Waals surface area contributed by atoms with E-state index >= 15 is 0 Å². The highest BCUT2D eigenvalue weighted by Crippen LogP contribution is 2.17. The van der Waals surface area contributed by atoms with Crippen LogP contribution in [0.5, 0.6) is 0 Å². The number of H-pyrrole nitrogens is 1. The number of amides is 1. The molecule has 0 unspecified atom stereocenters. The molecule has 0 spiro atoms. The molecular formula is C15H15N5O. The van der Waals surface area contributed by atoms with Crippen molar-refractivity contribution >= 4 is 16.7 Å². The van der Waals surface area contributed by atoms with E-state index in [1.807, 2.05) is 37.3 Å². The normalized spacial score (nSPS) is 10.8. The summed E-state index contributed by atoms with van der Waals surface area (Å²) in [6.07, 6.45) is 1.65. The van der Waals surface area contributed by atoms with Gasteiger partial charge in [-0.05, 0) is 18.4 Å². The molecule has 3 rings (SSSR count). The van der Waals surface area contributed by atoms with Gasteiger partial charge < -0.3 is 4.90 Å². The van der Waals surface area contributed by atoms with E-state index in [1.165, 1.54) is 0 Å². The quantitative estimate of drug-likeness (QED) is 0.796. The Balaban J connectivity index is 1.89. The van der Waals surface area contributed by atoms with Crippen molar-refractivity contribution in [2.24, 2.45) is 0 Å². The van der Waals surface area contributed by atoms with Crippen molar-refractivity contribution in [2.45, 2.75) is 13.5 Å². The molecule has 21 heavy (non-hydrogen) atoms. The lowest BCUT2D eigenvalue weighted by Gasteiger charge is -2.15. The van der Waals surface area contributed by atoms with Crippen LogP contribution in [0, 0.1) is 6.92 Å². The molecule has 0 radical (unpaired) electrons. The van der Waals surface area contributed by atoms with Crippen LogP contribution >= 0.6 is 0 Å². The van der Waals surface area contributed by atoms with Gasteiger partial charge in [0.15, 0.2) is 5.82 Å². The van der Waals surface area contributed by atoms with Gasteiger partial charge >= 0.3 is 0 Å². The Kier molecular flexibility index (Phi) is 3.35. The Morgan fingerprint density at radius 2 is 2.10 bits per heavy atom. The van der Waals surface area contributed by atoms with Gasteiger partial charge in [-0.2, -0.15) is 5.10 Å². The van der Waals surface area contributed by atoms with Gasteiger partial charge in [0.2, 0.25) is 0 Å². The SMILES string of the molecule is Cc1nc(CN(C)C(=O)c2nccc3ccccc23)n[nH]1. The zero-order valence-electron chi connectivity index (χ0n) is 11.9. The number of benzene rings is 1. The first-order valence-electron chi connectivity index (χ1n) is 6.62. The van der Waals surface area contributed by atoms with Crippen LogP contribution in [0.25, 0.3) is 10.8 Å². The topological polar surface area (TPSA) is 74.8 Å². The highest BCUT2D eigenvalue weighted by atomic mass is 16.2. The summed E-state index contributed by atoms with van der Waals surface area (Å²) in [5.41, 5.74) is 0.447. The number of rotatable bonds is 3. The number of aromatic amines is 1. The van der Waals surface area contributed by atoms with Crippen molar-refractivity contribution in [3.05, 3.63) is 53.9 Å². The van der Waals surface area contributed by atoms with Crippen LogP contribution in [0.2, 0.25) is 0 Å². The summed E-state index contributed by atoms with van der Waals surface area (Å²) >= 11 is 0. The van der Waals surface area contributed by atoms with Crippen LogP contribution in [-0.2, 0) is 6.54 Å². The van der Waals surface area contributed by atoms with Crippen molar-refractivity contribution < 1.29 is 4.79 Å². The molecule has 106 valence electrons. The maximum absolute atomic E-state index is 12.6. The molecule has 0 atom stereocenters. The Labute approximate surface area is 121 Å². The Morgan fingerprint density at radius 3 is 2.86 bits per heavy atom. The number of aryl methyl sites for hydroxylation is 1. The predicted octanol–water partition coefficient (Wildman–Crippen LogP) is 1.93. The number of pyridine rings is 1. The third kappa shape index (κ3) is 2.60. The van der Waals surface area contributed by atoms with Crippen molar-refractivity contribution in [2.75, 3.05) is 7.05 Å². The van der Waals surface area contributed by atoms with Crippen molar-refractivity contribution in [1.29, 1.82) is 0 Å². The molecule has 1 N–H and O–H groups in total. The number of carbonyl (C=O) groups is 1. The summed E-state index contributed by atoms with van der Waals surface area (Å²) < 4.78 is 0. The first kappa shape index (κ1) is 13.2. The summed E-state index contributed by atoms with van der Waals surface area (Å²) in [5, 5.41) is 8.66. The maximum Gasteiger partial charge on any atom is 0.273 e. The molecule has 0 fully saturated rings. The molecular weight excluding hydrogens is 266 g/mol. The molecule has 0 aliphatic carbocycles. The maximum atomic E-state index is 12.6. The minimum absolute atomic E-state index is 0.144. The molecule has 0 bridgehead atoms. The lowest BCUT2D eigenvalue weighted by molar-refractivity contribution is 0.0778. The number of hydrogen-bond donors (Lipinski definition) is 1. The number of aromatic nitrogens is 4. The van der Waals surface area contributed by atoms with E-state index in [9.17, 15) is 4.79 Å². The van der Waals surface area contributed by atoms with E-state index in [2.05, 4.69) is 20.2 Å². The first-order valence-corrected chi connectivity index (χ1v) is 6.62. The van der Waals surface area contributed by atoms with Crippen LogP contribution in [0.1, 0.15) is 22.1 Å². The minimum Gasteiger partial charge on any atom is -0.333 e. The molecule has 0 aliphatic heterocycles. The lowest BCUT2D eigenvalue weighted by Crippen LogP contribution is -2.27. The Morgan fingerprint density at radius 1 is 1.29 bits per heavy atom. The van der Waals surface area contributed by atoms with Crippen molar-refractivity contribution in [3.63, 3.8) is 0 Å². The smallest absolute Gasteiger partial charge is 0.273 e. The number of hydrogen-bond acceptors (Lipinski definition) is 4. The van der Waals surface area contributed by atoms with Crippen LogP contribution in [0.3, 0.4) is 0 Å². The second kappa shape index (κ2) is 5.32. The third-order valence-corrected chi connectivity index (χ3v) is 3.25. The highest BCUT2D eigenvalue weighted by Gasteiger charge is 2.17. The van der Waals surface area contributed by atoms with Crippen LogP contribution < -0.4 is 0 Å². The fourth-order valence-electron chi connectivity index (χ4n) is 2.21. The number of carbonyl (C=O) groups excluding carboxylic acids is 1. The zero-order valence-corrected chi connectivity index (χ0v) is 11.9. The van der Waals surface area contributed by atoms with Gasteiger partial charge in [-0.1, -0.05) is 24.3 Å². The van der Waals surface area contributed by atoms with E-state index in [4.69, 9.17) is 0 Å². The molecule has 3 aromatic rings. The van der Waals surface area contributed by atoms with Crippen molar-refractivity contribution in [3.8, 4) is 0 Å². The number of nitrogens with zero attached hydrogens (tertiary/aromatic N) is 4. The molecule has 2 aromatic heterocycles. The van der Waals surface area contributed by atoms with E-state index in [-0.39, 0.29) is 5.91 Å². The summed E-state index contributed by atoms with van der Waals surface area (Å²) in [6.45, 7) is 2.17. The Hall–Kier alpha value is -2.76. The zero-order chi connectivity index (χ0) is 14.8. The van der Waals surface area contributed by atoms with Crippen LogP contribution in [-0.4, -0.2) is 38.0 Å². The molecule has 1 amide bonds. The van der Waals surface area contributed by atoms with Gasteiger partial charge in [0, 0.05) is 18.6 Å². The monoisotopic (exact) mass is 281 g/mol. The lowest BCUT2D eigenvalue weighted by atomic mass is 10.1. The average molecular weight is 281 g/mol. The Bertz CT molecular complexity index is 790. The van der Waals surface area contributed by atoms with Crippen molar-refractivity contribution in [1.82, 2.24) is 25.1 Å². The minimum atomic E-state index is -0.144. The fraction of sp³-hybridized carbons (Fsp3) is 0.200. The molecule has 2 heterocycles. The molecule has 0 saturated carbocycles. The third-order valence-electron chi connectivity index (χ3n) is 3.25. The molecule has 6 heteroatoms. The summed E-state index contributed by atoms with van der Waals surface area (Å²) in [6, 6.07) is 9.60. The summed E-state index contributed by atoms with van der Waals surface area (Å²) in [5.74, 6) is 1.17. The van der Waals surface area contributed by atoms with Gasteiger partial charge in [-0.25, -0.2) is 4.98 Å². The second-order valence-electron chi connectivity index (χ2n) is 4.88. The summed E-state index contributed by atoms with van der Waals surface area (Å²) in [7, 11) is 1.72. The van der Waals surface area contributed by atoms with Gasteiger partial charge in [0.1, 0.15) is 11.5 Å². The summed E-state index contributed by atoms with van der Waals surface area (Å²) in [4.78, 5) is 22.6. The second-order valence-corrected chi connectivity index (χ2v) is 4.88. The first-order chi connectivity index (χ1) is 10.1. The van der Waals surface area contributed by atoms with E-state index in [0.717, 1.165) is 16.6 Å². The van der Waals surface area contributed by atoms with Crippen LogP contribution in [0.4, 0.5) is 0 Å². The molecule has 6 nitrogen and oxygen atoms in total. The predicted molar refractivity (Wildman–Crippen MR) is 78.7 cm³/mol. The largest absolute Gasteiger partial charge is 0.333 e. The van der Waals surface area contributed by atoms with Crippen LogP contribution in [0.15, 0.2) is 36.5 Å². The molecule has 0 aliphatic rings. The standard InChI is InChI=1S/C15H15N5O/c1-10-17-13(19-18-10)9-20(2)15(21)14-12-6-4-3-5-11(12)7-8-16-14/h3-8H,9H2,1-2H3,(H,17,18,19). The number of nitrogens with one attached hydrogen (secondary N) is 1. The van der Waals surface area contributed by atoms with Gasteiger partial charge in [-0.3, -0.25) is 14.9 Å². The fourth-order valence-corrected chi connectivity index (χ4v) is 2.21. The highest BCUT2D eigenvalue weighted by molar-refractivity contribution is 6.04. The average Bonchev–Trinajstić information content (AvgIpc) is 2.91.